The van der Waals surface area contributed by atoms with Crippen molar-refractivity contribution in [2.24, 2.45) is 12.1 Å². The molecule has 1 amide bonds. The Morgan fingerprint density at radius 2 is 2.11 bits per heavy atom. The van der Waals surface area contributed by atoms with Gasteiger partial charge in [-0.1, -0.05) is 35.5 Å². The summed E-state index contributed by atoms with van der Waals surface area (Å²) in [5.74, 6) is 0.189. The Kier molecular flexibility index (Phi) is 6.17. The molecule has 0 saturated carbocycles. The minimum atomic E-state index is -0.341. The van der Waals surface area contributed by atoms with Gasteiger partial charge in [-0.2, -0.15) is 5.10 Å². The second-order valence-corrected chi connectivity index (χ2v) is 7.08. The Balaban J connectivity index is 1.57. The van der Waals surface area contributed by atoms with Crippen LogP contribution in [0.15, 0.2) is 52.7 Å². The van der Waals surface area contributed by atoms with Crippen molar-refractivity contribution in [1.82, 2.24) is 20.2 Å². The number of aromatic hydroxyl groups is 2. The van der Waals surface area contributed by atoms with E-state index in [4.69, 9.17) is 11.6 Å². The summed E-state index contributed by atoms with van der Waals surface area (Å²) in [6, 6.07) is 11.3. The molecule has 28 heavy (non-hydrogen) atoms. The first kappa shape index (κ1) is 19.7. The van der Waals surface area contributed by atoms with Gasteiger partial charge >= 0.3 is 0 Å². The Labute approximate surface area is 169 Å². The maximum atomic E-state index is 12.0. The third-order valence-corrected chi connectivity index (χ3v) is 4.91. The fourth-order valence-electron chi connectivity index (χ4n) is 2.30. The monoisotopic (exact) mass is 417 g/mol. The third-order valence-electron chi connectivity index (χ3n) is 3.66. The number of hydrogen-bond acceptors (Lipinski definition) is 7. The Morgan fingerprint density at radius 3 is 2.86 bits per heavy atom. The number of hydrogen-bond donors (Lipinski definition) is 3. The molecule has 0 spiro atoms. The van der Waals surface area contributed by atoms with Crippen LogP contribution in [0.3, 0.4) is 0 Å². The molecule has 10 heteroatoms. The molecule has 3 N–H and O–H groups in total. The number of nitrogens with one attached hydrogen (secondary N) is 1. The van der Waals surface area contributed by atoms with Crippen LogP contribution in [0.25, 0.3) is 11.4 Å². The van der Waals surface area contributed by atoms with Gasteiger partial charge in [-0.15, -0.1) is 10.2 Å². The highest BCUT2D eigenvalue weighted by atomic mass is 35.5. The molecule has 8 nitrogen and oxygen atoms in total. The lowest BCUT2D eigenvalue weighted by Crippen LogP contribution is -2.19. The molecular weight excluding hydrogens is 402 g/mol. The number of carbonyl (C=O) groups is 1. The van der Waals surface area contributed by atoms with Gasteiger partial charge < -0.3 is 14.8 Å². The predicted octanol–water partition coefficient (Wildman–Crippen LogP) is 2.79. The molecule has 2 aromatic carbocycles. The lowest BCUT2D eigenvalue weighted by atomic mass is 10.2. The fraction of sp³-hybridized carbons (Fsp3) is 0.111. The standard InChI is InChI=1S/C18H16ClN5O3S/c1-24-17(11-3-2-4-13(19)7-11)22-23-18(24)28-10-16(27)21-20-9-12-5-6-14(25)8-15(12)26/h2-9,25-26H,10H2,1H3,(H,21,27). The zero-order valence-electron chi connectivity index (χ0n) is 14.7. The Hall–Kier alpha value is -3.04. The summed E-state index contributed by atoms with van der Waals surface area (Å²) in [7, 11) is 1.81. The van der Waals surface area contributed by atoms with E-state index >= 15 is 0 Å². The topological polar surface area (TPSA) is 113 Å². The number of phenols is 2. The predicted molar refractivity (Wildman–Crippen MR) is 108 cm³/mol. The van der Waals surface area contributed by atoms with Crippen LogP contribution in [0.5, 0.6) is 11.5 Å². The van der Waals surface area contributed by atoms with Gasteiger partial charge in [-0.25, -0.2) is 5.43 Å². The van der Waals surface area contributed by atoms with E-state index in [0.717, 1.165) is 5.56 Å². The van der Waals surface area contributed by atoms with Gasteiger partial charge in [0.15, 0.2) is 11.0 Å². The highest BCUT2D eigenvalue weighted by molar-refractivity contribution is 7.99. The van der Waals surface area contributed by atoms with Crippen LogP contribution in [0, 0.1) is 0 Å². The van der Waals surface area contributed by atoms with Crippen LogP contribution in [0.2, 0.25) is 5.02 Å². The Bertz CT molecular complexity index is 1040. The van der Waals surface area contributed by atoms with E-state index in [1.807, 2.05) is 19.2 Å². The van der Waals surface area contributed by atoms with Crippen molar-refractivity contribution >= 4 is 35.5 Å². The van der Waals surface area contributed by atoms with E-state index in [1.165, 1.54) is 36.2 Å². The van der Waals surface area contributed by atoms with Crippen molar-refractivity contribution in [3.63, 3.8) is 0 Å². The smallest absolute Gasteiger partial charge is 0.250 e. The minimum Gasteiger partial charge on any atom is -0.508 e. The van der Waals surface area contributed by atoms with Gasteiger partial charge in [-0.05, 0) is 24.3 Å². The van der Waals surface area contributed by atoms with E-state index in [9.17, 15) is 15.0 Å². The number of benzene rings is 2. The highest BCUT2D eigenvalue weighted by Crippen LogP contribution is 2.24. The molecule has 0 aliphatic heterocycles. The molecule has 0 bridgehead atoms. The zero-order valence-corrected chi connectivity index (χ0v) is 16.3. The molecule has 0 saturated heterocycles. The summed E-state index contributed by atoms with van der Waals surface area (Å²) in [4.78, 5) is 12.0. The molecule has 1 aromatic heterocycles. The number of carbonyl (C=O) groups excluding carboxylic acids is 1. The molecule has 0 aliphatic carbocycles. The molecule has 0 aliphatic rings. The number of thioether (sulfide) groups is 1. The zero-order chi connectivity index (χ0) is 20.1. The maximum absolute atomic E-state index is 12.0. The number of nitrogens with zero attached hydrogens (tertiary/aromatic N) is 4. The largest absolute Gasteiger partial charge is 0.508 e. The fourth-order valence-corrected chi connectivity index (χ4v) is 3.19. The average molecular weight is 418 g/mol. The summed E-state index contributed by atoms with van der Waals surface area (Å²) < 4.78 is 1.78. The molecular formula is C18H16ClN5O3S. The first-order valence-electron chi connectivity index (χ1n) is 8.06. The van der Waals surface area contributed by atoms with E-state index in [1.54, 1.807) is 16.7 Å². The number of hydrazone groups is 1. The van der Waals surface area contributed by atoms with E-state index in [0.29, 0.717) is 21.6 Å². The molecule has 3 aromatic rings. The number of rotatable bonds is 6. The van der Waals surface area contributed by atoms with Crippen LogP contribution in [-0.4, -0.2) is 42.9 Å². The molecule has 3 rings (SSSR count). The SMILES string of the molecule is Cn1c(SCC(=O)NN=Cc2ccc(O)cc2O)nnc1-c1cccc(Cl)c1. The quantitative estimate of drug-likeness (QED) is 0.323. The number of phenolic OH excluding ortho intramolecular Hbond substituents is 2. The minimum absolute atomic E-state index is 0.0593. The maximum Gasteiger partial charge on any atom is 0.250 e. The van der Waals surface area contributed by atoms with Crippen LogP contribution >= 0.6 is 23.4 Å². The van der Waals surface area contributed by atoms with Gasteiger partial charge in [-0.3, -0.25) is 4.79 Å². The summed E-state index contributed by atoms with van der Waals surface area (Å²) in [5.41, 5.74) is 3.57. The number of aromatic nitrogens is 3. The van der Waals surface area contributed by atoms with Gasteiger partial charge in [0, 0.05) is 29.3 Å². The van der Waals surface area contributed by atoms with Crippen LogP contribution in [0.1, 0.15) is 5.56 Å². The molecule has 0 atom stereocenters. The second kappa shape index (κ2) is 8.77. The van der Waals surface area contributed by atoms with Gasteiger partial charge in [0.05, 0.1) is 12.0 Å². The lowest BCUT2D eigenvalue weighted by Gasteiger charge is -2.04. The second-order valence-electron chi connectivity index (χ2n) is 5.70. The van der Waals surface area contributed by atoms with E-state index < -0.39 is 0 Å². The summed E-state index contributed by atoms with van der Waals surface area (Å²) in [6.07, 6.45) is 1.29. The van der Waals surface area contributed by atoms with Gasteiger partial charge in [0.1, 0.15) is 11.5 Å². The van der Waals surface area contributed by atoms with Crippen molar-refractivity contribution in [3.8, 4) is 22.9 Å². The van der Waals surface area contributed by atoms with Gasteiger partial charge in [0.2, 0.25) is 0 Å². The molecule has 1 heterocycles. The average Bonchev–Trinajstić information content (AvgIpc) is 3.02. The Morgan fingerprint density at radius 1 is 1.29 bits per heavy atom. The molecule has 0 radical (unpaired) electrons. The highest BCUT2D eigenvalue weighted by Gasteiger charge is 2.13. The van der Waals surface area contributed by atoms with Crippen molar-refractivity contribution < 1.29 is 15.0 Å². The summed E-state index contributed by atoms with van der Waals surface area (Å²) in [5, 5.41) is 32.1. The first-order valence-corrected chi connectivity index (χ1v) is 9.42. The molecule has 0 fully saturated rings. The number of amides is 1. The van der Waals surface area contributed by atoms with Crippen molar-refractivity contribution in [2.75, 3.05) is 5.75 Å². The number of halogens is 1. The normalized spacial score (nSPS) is 11.1. The summed E-state index contributed by atoms with van der Waals surface area (Å²) >= 11 is 7.22. The van der Waals surface area contributed by atoms with Crippen LogP contribution in [-0.2, 0) is 11.8 Å². The van der Waals surface area contributed by atoms with Crippen molar-refractivity contribution in [3.05, 3.63) is 53.1 Å². The van der Waals surface area contributed by atoms with Crippen LogP contribution < -0.4 is 5.43 Å². The molecule has 0 unspecified atom stereocenters. The lowest BCUT2D eigenvalue weighted by molar-refractivity contribution is -0.118. The first-order chi connectivity index (χ1) is 13.4. The molecule has 144 valence electrons. The summed E-state index contributed by atoms with van der Waals surface area (Å²) in [6.45, 7) is 0. The van der Waals surface area contributed by atoms with E-state index in [2.05, 4.69) is 20.7 Å². The van der Waals surface area contributed by atoms with Crippen molar-refractivity contribution in [1.29, 1.82) is 0 Å². The van der Waals surface area contributed by atoms with Crippen molar-refractivity contribution in [2.45, 2.75) is 5.16 Å². The van der Waals surface area contributed by atoms with E-state index in [-0.39, 0.29) is 23.2 Å². The third kappa shape index (κ3) is 4.81. The van der Waals surface area contributed by atoms with Gasteiger partial charge in [0.25, 0.3) is 5.91 Å². The van der Waals surface area contributed by atoms with Crippen LogP contribution in [0.4, 0.5) is 0 Å².